The topological polar surface area (TPSA) is 188 Å². The molecule has 0 unspecified atom stereocenters. The third kappa shape index (κ3) is 15.3. The van der Waals surface area contributed by atoms with E-state index in [0.29, 0.717) is 61.7 Å². The Kier molecular flexibility index (Phi) is 21.1. The van der Waals surface area contributed by atoms with E-state index in [1.807, 2.05) is 32.1 Å². The maximum atomic E-state index is 14.5. The van der Waals surface area contributed by atoms with Gasteiger partial charge in [0.15, 0.2) is 0 Å². The van der Waals surface area contributed by atoms with E-state index >= 15 is 0 Å². The lowest BCUT2D eigenvalue weighted by Gasteiger charge is -2.42. The van der Waals surface area contributed by atoms with Gasteiger partial charge in [-0.05, 0) is 118 Å². The number of piperidine rings is 1. The smallest absolute Gasteiger partial charge is 0.329 e. The number of cyclic esters (lactones) is 1. The largest absolute Gasteiger partial charge is 0.460 e. The van der Waals surface area contributed by atoms with E-state index in [0.717, 1.165) is 11.3 Å². The van der Waals surface area contributed by atoms with Crippen molar-refractivity contribution in [2.75, 3.05) is 41.0 Å². The lowest BCUT2D eigenvalue weighted by molar-refractivity contribution is -0.265. The number of amides is 1. The van der Waals surface area contributed by atoms with Crippen molar-refractivity contribution < 1.29 is 67.0 Å². The lowest BCUT2D eigenvalue weighted by Crippen LogP contribution is -2.61. The molecule has 3 heterocycles. The Morgan fingerprint density at radius 1 is 0.926 bits per heavy atom. The number of aliphatic hydroxyl groups is 3. The second-order valence-electron chi connectivity index (χ2n) is 20.2. The van der Waals surface area contributed by atoms with Crippen molar-refractivity contribution >= 4 is 23.4 Å². The normalized spacial score (nSPS) is 38.8. The Hall–Kier alpha value is -3.34. The third-order valence-electron chi connectivity index (χ3n) is 15.0. The number of nitrogens with zero attached hydrogens (tertiary/aromatic N) is 1. The van der Waals surface area contributed by atoms with Gasteiger partial charge in [-0.1, -0.05) is 77.7 Å². The van der Waals surface area contributed by atoms with Gasteiger partial charge in [-0.3, -0.25) is 14.4 Å². The fourth-order valence-electron chi connectivity index (χ4n) is 10.5. The number of hydrogen-bond donors (Lipinski definition) is 3. The lowest BCUT2D eigenvalue weighted by atomic mass is 9.78. The van der Waals surface area contributed by atoms with Crippen LogP contribution in [0, 0.1) is 35.5 Å². The van der Waals surface area contributed by atoms with Crippen LogP contribution in [-0.2, 0) is 47.6 Å². The standard InChI is InChI=1S/C54H85NO13/c1-33-17-13-12-14-18-34(2)46(63-9)31-42-22-20-39(7)54(62,68-42)51(59)52(60)55-24-16-15-19-43(55)53(61)67-47(37(5)29-41-21-23-45(66-26-25-56)48(30-41)64-10)32-44(57)36(4)28-38(6)49(58)50(65-11)40(8)35(3)27-33/h12-14,17-18,28,33,35-37,39,41-43,45-50,56,58,62H,8,15-16,19-27,29-32H2,1-7,9-11H3/b14-12?,17-13+,34-18?,38-28+/t33-,35-,36-,37-,39-,41+,42+,43+,45-,46+,47+,48-,49-,50+,54-/m1/s1/i9D3. The van der Waals surface area contributed by atoms with Gasteiger partial charge in [0.05, 0.1) is 41.7 Å². The predicted molar refractivity (Wildman–Crippen MR) is 260 cm³/mol. The quantitative estimate of drug-likeness (QED) is 0.120. The summed E-state index contributed by atoms with van der Waals surface area (Å²) in [6.07, 6.45) is 10.9. The zero-order chi connectivity index (χ0) is 52.8. The molecular weight excluding hydrogens is 871 g/mol. The van der Waals surface area contributed by atoms with Crippen LogP contribution in [0.1, 0.15) is 130 Å². The zero-order valence-electron chi connectivity index (χ0n) is 45.2. The van der Waals surface area contributed by atoms with Crippen LogP contribution in [0.25, 0.3) is 0 Å². The summed E-state index contributed by atoms with van der Waals surface area (Å²) in [5, 5.41) is 33.0. The molecule has 1 aliphatic carbocycles. The highest BCUT2D eigenvalue weighted by atomic mass is 16.6. The fourth-order valence-corrected chi connectivity index (χ4v) is 10.5. The molecule has 1 amide bonds. The molecule has 2 bridgehead atoms. The van der Waals surface area contributed by atoms with Crippen molar-refractivity contribution in [2.24, 2.45) is 35.5 Å². The molecule has 4 aliphatic rings. The van der Waals surface area contributed by atoms with Crippen molar-refractivity contribution in [2.45, 2.75) is 180 Å². The van der Waals surface area contributed by atoms with E-state index in [9.17, 15) is 34.5 Å². The summed E-state index contributed by atoms with van der Waals surface area (Å²) < 4.78 is 59.2. The van der Waals surface area contributed by atoms with Crippen molar-refractivity contribution in [3.63, 3.8) is 0 Å². The molecule has 68 heavy (non-hydrogen) atoms. The Morgan fingerprint density at radius 3 is 2.37 bits per heavy atom. The van der Waals surface area contributed by atoms with Crippen molar-refractivity contribution in [3.05, 3.63) is 59.8 Å². The molecule has 3 fully saturated rings. The second kappa shape index (κ2) is 27.3. The Morgan fingerprint density at radius 2 is 1.68 bits per heavy atom. The summed E-state index contributed by atoms with van der Waals surface area (Å²) in [6, 6.07) is -1.19. The molecule has 0 aromatic rings. The van der Waals surface area contributed by atoms with Crippen LogP contribution < -0.4 is 0 Å². The highest BCUT2D eigenvalue weighted by Crippen LogP contribution is 2.38. The van der Waals surface area contributed by atoms with Gasteiger partial charge in [0.1, 0.15) is 30.1 Å². The van der Waals surface area contributed by atoms with Crippen LogP contribution in [0.4, 0.5) is 0 Å². The molecule has 15 atom stereocenters. The number of esters is 1. The summed E-state index contributed by atoms with van der Waals surface area (Å²) in [7, 11) is 0.356. The first-order valence-electron chi connectivity index (χ1n) is 26.5. The van der Waals surface area contributed by atoms with Gasteiger partial charge in [-0.25, -0.2) is 4.79 Å². The summed E-state index contributed by atoms with van der Waals surface area (Å²) in [5.74, 6) is -7.63. The molecular formula is C54H85NO13. The number of allylic oxidation sites excluding steroid dienone is 6. The molecule has 4 rings (SSSR count). The molecule has 3 N–H and O–H groups in total. The predicted octanol–water partition coefficient (Wildman–Crippen LogP) is 7.18. The molecule has 14 heteroatoms. The van der Waals surface area contributed by atoms with Crippen LogP contribution in [0.2, 0.25) is 0 Å². The average Bonchev–Trinajstić information content (AvgIpc) is 3.32. The van der Waals surface area contributed by atoms with Gasteiger partial charge in [0, 0.05) is 52.5 Å². The van der Waals surface area contributed by atoms with Gasteiger partial charge in [-0.2, -0.15) is 0 Å². The molecule has 1 saturated carbocycles. The zero-order valence-corrected chi connectivity index (χ0v) is 42.2. The molecule has 0 radical (unpaired) electrons. The minimum absolute atomic E-state index is 0.0352. The van der Waals surface area contributed by atoms with E-state index < -0.39 is 78.9 Å². The van der Waals surface area contributed by atoms with Crippen molar-refractivity contribution in [1.82, 2.24) is 4.90 Å². The van der Waals surface area contributed by atoms with Gasteiger partial charge in [-0.15, -0.1) is 0 Å². The fraction of sp³-hybridized carbons (Fsp3) is 0.741. The maximum Gasteiger partial charge on any atom is 0.329 e. The minimum atomic E-state index is -2.78. The number of carbonyl (C=O) groups excluding carboxylic acids is 4. The van der Waals surface area contributed by atoms with E-state index in [1.165, 1.54) is 7.11 Å². The van der Waals surface area contributed by atoms with Crippen molar-refractivity contribution in [1.29, 1.82) is 0 Å². The summed E-state index contributed by atoms with van der Waals surface area (Å²) in [6.45, 7) is 17.3. The molecule has 14 nitrogen and oxygen atoms in total. The van der Waals surface area contributed by atoms with E-state index in [1.54, 1.807) is 53.0 Å². The van der Waals surface area contributed by atoms with Crippen LogP contribution in [0.5, 0.6) is 0 Å². The van der Waals surface area contributed by atoms with Crippen molar-refractivity contribution in [3.8, 4) is 0 Å². The van der Waals surface area contributed by atoms with Crippen LogP contribution in [0.15, 0.2) is 59.8 Å². The summed E-state index contributed by atoms with van der Waals surface area (Å²) >= 11 is 0. The average molecular weight is 959 g/mol. The number of carbonyl (C=O) groups is 4. The number of hydrogen-bond acceptors (Lipinski definition) is 13. The van der Waals surface area contributed by atoms with E-state index in [-0.39, 0.29) is 87.1 Å². The van der Waals surface area contributed by atoms with Gasteiger partial charge in [0.2, 0.25) is 5.79 Å². The number of fused-ring (bicyclic) bond motifs is 3. The second-order valence-corrected chi connectivity index (χ2v) is 20.2. The molecule has 2 saturated heterocycles. The Labute approximate surface area is 410 Å². The molecule has 384 valence electrons. The first-order valence-corrected chi connectivity index (χ1v) is 25.0. The van der Waals surface area contributed by atoms with E-state index in [4.69, 9.17) is 32.5 Å². The maximum absolute atomic E-state index is 14.5. The Balaban J connectivity index is 1.73. The molecule has 3 aliphatic heterocycles. The van der Waals surface area contributed by atoms with Gasteiger partial charge in [0.25, 0.3) is 11.7 Å². The molecule has 0 spiro atoms. The van der Waals surface area contributed by atoms with E-state index in [2.05, 4.69) is 13.5 Å². The van der Waals surface area contributed by atoms with Gasteiger partial charge < -0.3 is 48.6 Å². The number of methoxy groups -OCH3 is 3. The minimum Gasteiger partial charge on any atom is -0.460 e. The van der Waals surface area contributed by atoms with Crippen LogP contribution >= 0.6 is 0 Å². The first kappa shape index (κ1) is 52.5. The highest BCUT2D eigenvalue weighted by Gasteiger charge is 2.53. The first-order chi connectivity index (χ1) is 33.4. The third-order valence-corrected chi connectivity index (χ3v) is 15.0. The highest BCUT2D eigenvalue weighted by molar-refractivity contribution is 6.39. The van der Waals surface area contributed by atoms with Crippen LogP contribution in [-0.4, -0.2) is 139 Å². The SMILES string of the molecule is [2H]C([2H])([2H])O[C@H]1C[C@@H]2CC[C@@H](C)[C@@](O)(O2)C(=O)C(=O)N2CCCC[C@H]2C(=O)O[C@H]([C@H](C)C[C@@H]2CC[C@@H](OCCO)[C@H](OC)C2)CC(=O)[C@H](C)/C=C(\C)[C@@H](O)[C@@H](OC)C(=C)[C@H](C)C[C@H](C)/C=C/C=CC=C1C. The monoisotopic (exact) mass is 959 g/mol. The summed E-state index contributed by atoms with van der Waals surface area (Å²) in [5.41, 5.74) is 1.77. The number of aliphatic hydroxyl groups excluding tert-OH is 2. The number of ether oxygens (including phenoxy) is 6. The summed E-state index contributed by atoms with van der Waals surface area (Å²) in [4.78, 5) is 58.6. The number of rotatable bonds is 9. The number of Topliss-reactive ketones (excluding diaryl/α,β-unsaturated/α-hetero) is 2. The van der Waals surface area contributed by atoms with Gasteiger partial charge >= 0.3 is 5.97 Å². The Bertz CT molecular complexity index is 1920. The van der Waals surface area contributed by atoms with Crippen LogP contribution in [0.3, 0.4) is 0 Å². The molecule has 0 aromatic carbocycles. The molecule has 0 aromatic heterocycles. The number of ketones is 2.